The highest BCUT2D eigenvalue weighted by Gasteiger charge is 1.96. The van der Waals surface area contributed by atoms with E-state index in [9.17, 15) is 9.18 Å². The van der Waals surface area contributed by atoms with E-state index < -0.39 is 0 Å². The van der Waals surface area contributed by atoms with Gasteiger partial charge in [-0.05, 0) is 36.6 Å². The number of benzene rings is 1. The SMILES string of the molecule is CCCCOCCCNC(=O)N/C=C/c1ccc(F)cc1. The van der Waals surface area contributed by atoms with Crippen LogP contribution >= 0.6 is 0 Å². The molecule has 0 radical (unpaired) electrons. The second kappa shape index (κ2) is 10.9. The first-order chi connectivity index (χ1) is 10.2. The number of rotatable bonds is 9. The third kappa shape index (κ3) is 8.81. The maximum absolute atomic E-state index is 12.7. The number of carbonyl (C=O) groups is 1. The van der Waals surface area contributed by atoms with Gasteiger partial charge in [0.2, 0.25) is 0 Å². The van der Waals surface area contributed by atoms with Crippen molar-refractivity contribution in [2.24, 2.45) is 0 Å². The zero-order chi connectivity index (χ0) is 15.3. The number of carbonyl (C=O) groups excluding carboxylic acids is 1. The summed E-state index contributed by atoms with van der Waals surface area (Å²) >= 11 is 0. The molecule has 4 nitrogen and oxygen atoms in total. The number of urea groups is 1. The van der Waals surface area contributed by atoms with Gasteiger partial charge in [-0.2, -0.15) is 0 Å². The topological polar surface area (TPSA) is 50.4 Å². The molecule has 0 aliphatic rings. The second-order valence-corrected chi connectivity index (χ2v) is 4.60. The molecular formula is C16H23FN2O2. The molecule has 0 saturated heterocycles. The Morgan fingerprint density at radius 2 is 1.95 bits per heavy atom. The summed E-state index contributed by atoms with van der Waals surface area (Å²) in [5, 5.41) is 5.32. The minimum atomic E-state index is -0.279. The predicted molar refractivity (Wildman–Crippen MR) is 82.3 cm³/mol. The Kier molecular flexibility index (Phi) is 8.88. The number of unbranched alkanes of at least 4 members (excludes halogenated alkanes) is 1. The Balaban J connectivity index is 2.07. The fraction of sp³-hybridized carbons (Fsp3) is 0.438. The van der Waals surface area contributed by atoms with E-state index in [0.717, 1.165) is 31.4 Å². The number of ether oxygens (including phenoxy) is 1. The maximum Gasteiger partial charge on any atom is 0.318 e. The molecule has 0 saturated carbocycles. The molecule has 0 atom stereocenters. The molecule has 1 aromatic carbocycles. The van der Waals surface area contributed by atoms with Crippen LogP contribution in [0.5, 0.6) is 0 Å². The Morgan fingerprint density at radius 1 is 1.24 bits per heavy atom. The van der Waals surface area contributed by atoms with Crippen LogP contribution in [0.1, 0.15) is 31.7 Å². The molecule has 1 rings (SSSR count). The quantitative estimate of drug-likeness (QED) is 0.687. The number of nitrogens with one attached hydrogen (secondary N) is 2. The minimum absolute atomic E-state index is 0.262. The van der Waals surface area contributed by atoms with E-state index in [1.807, 2.05) is 0 Å². The van der Waals surface area contributed by atoms with Crippen molar-refractivity contribution >= 4 is 12.1 Å². The largest absolute Gasteiger partial charge is 0.381 e. The van der Waals surface area contributed by atoms with E-state index in [2.05, 4.69) is 17.6 Å². The Bertz CT molecular complexity index is 432. The van der Waals surface area contributed by atoms with E-state index in [1.54, 1.807) is 18.2 Å². The molecule has 116 valence electrons. The second-order valence-electron chi connectivity index (χ2n) is 4.60. The smallest absolute Gasteiger partial charge is 0.318 e. The average molecular weight is 294 g/mol. The summed E-state index contributed by atoms with van der Waals surface area (Å²) in [7, 11) is 0. The fourth-order valence-electron chi connectivity index (χ4n) is 1.56. The molecule has 0 aliphatic heterocycles. The third-order valence-corrected chi connectivity index (χ3v) is 2.75. The van der Waals surface area contributed by atoms with Crippen LogP contribution in [0.4, 0.5) is 9.18 Å². The van der Waals surface area contributed by atoms with E-state index >= 15 is 0 Å². The molecule has 2 N–H and O–H groups in total. The molecule has 0 aliphatic carbocycles. The van der Waals surface area contributed by atoms with Gasteiger partial charge in [0.05, 0.1) is 0 Å². The molecular weight excluding hydrogens is 271 g/mol. The first-order valence-corrected chi connectivity index (χ1v) is 7.26. The van der Waals surface area contributed by atoms with Gasteiger partial charge in [0.1, 0.15) is 5.82 Å². The van der Waals surface area contributed by atoms with Crippen molar-refractivity contribution in [3.05, 3.63) is 41.8 Å². The monoisotopic (exact) mass is 294 g/mol. The summed E-state index contributed by atoms with van der Waals surface area (Å²) in [6, 6.07) is 5.76. The number of halogens is 1. The summed E-state index contributed by atoms with van der Waals surface area (Å²) in [5.41, 5.74) is 0.820. The Labute approximate surface area is 125 Å². The van der Waals surface area contributed by atoms with Crippen molar-refractivity contribution in [3.8, 4) is 0 Å². The van der Waals surface area contributed by atoms with Gasteiger partial charge in [-0.1, -0.05) is 25.5 Å². The van der Waals surface area contributed by atoms with Gasteiger partial charge in [-0.25, -0.2) is 9.18 Å². The molecule has 0 spiro atoms. The predicted octanol–water partition coefficient (Wildman–Crippen LogP) is 3.30. The highest BCUT2D eigenvalue weighted by molar-refractivity contribution is 5.75. The summed E-state index contributed by atoms with van der Waals surface area (Å²) in [4.78, 5) is 11.4. The van der Waals surface area contributed by atoms with Gasteiger partial charge in [0.25, 0.3) is 0 Å². The van der Waals surface area contributed by atoms with Crippen molar-refractivity contribution in [2.45, 2.75) is 26.2 Å². The summed E-state index contributed by atoms with van der Waals surface area (Å²) < 4.78 is 18.1. The van der Waals surface area contributed by atoms with Crippen LogP contribution < -0.4 is 10.6 Å². The molecule has 0 fully saturated rings. The molecule has 21 heavy (non-hydrogen) atoms. The van der Waals surface area contributed by atoms with Crippen molar-refractivity contribution < 1.29 is 13.9 Å². The van der Waals surface area contributed by atoms with E-state index in [-0.39, 0.29) is 11.8 Å². The van der Waals surface area contributed by atoms with Gasteiger partial charge in [-0.3, -0.25) is 0 Å². The number of hydrogen-bond acceptors (Lipinski definition) is 2. The molecule has 0 aromatic heterocycles. The minimum Gasteiger partial charge on any atom is -0.381 e. The standard InChI is InChI=1S/C16H23FN2O2/c1-2-3-12-21-13-4-10-18-16(20)19-11-9-14-5-7-15(17)8-6-14/h5-9,11H,2-4,10,12-13H2,1H3,(H2,18,19,20)/b11-9+. The van der Waals surface area contributed by atoms with Crippen molar-refractivity contribution in [1.29, 1.82) is 0 Å². The van der Waals surface area contributed by atoms with Gasteiger partial charge >= 0.3 is 6.03 Å². The summed E-state index contributed by atoms with van der Waals surface area (Å²) in [6.07, 6.45) is 6.22. The van der Waals surface area contributed by atoms with Crippen molar-refractivity contribution in [1.82, 2.24) is 10.6 Å². The zero-order valence-electron chi connectivity index (χ0n) is 12.4. The van der Waals surface area contributed by atoms with Crippen LogP contribution in [-0.4, -0.2) is 25.8 Å². The Hall–Kier alpha value is -1.88. The lowest BCUT2D eigenvalue weighted by Crippen LogP contribution is -2.33. The number of amides is 2. The normalized spacial score (nSPS) is 10.8. The summed E-state index contributed by atoms with van der Waals surface area (Å²) in [5.74, 6) is -0.279. The lowest BCUT2D eigenvalue weighted by atomic mass is 10.2. The molecule has 5 heteroatoms. The van der Waals surface area contributed by atoms with Crippen LogP contribution in [0.25, 0.3) is 6.08 Å². The van der Waals surface area contributed by atoms with Crippen LogP contribution in [0.3, 0.4) is 0 Å². The molecule has 0 unspecified atom stereocenters. The van der Waals surface area contributed by atoms with Crippen LogP contribution in [0.2, 0.25) is 0 Å². The van der Waals surface area contributed by atoms with Gasteiger partial charge in [0.15, 0.2) is 0 Å². The first-order valence-electron chi connectivity index (χ1n) is 7.26. The summed E-state index contributed by atoms with van der Waals surface area (Å²) in [6.45, 7) is 4.13. The van der Waals surface area contributed by atoms with Crippen LogP contribution in [0, 0.1) is 5.82 Å². The first kappa shape index (κ1) is 17.2. The highest BCUT2D eigenvalue weighted by atomic mass is 19.1. The zero-order valence-corrected chi connectivity index (χ0v) is 12.4. The van der Waals surface area contributed by atoms with E-state index in [1.165, 1.54) is 18.3 Å². The van der Waals surface area contributed by atoms with Crippen LogP contribution in [0.15, 0.2) is 30.5 Å². The molecule has 1 aromatic rings. The molecule has 0 heterocycles. The lowest BCUT2D eigenvalue weighted by molar-refractivity contribution is 0.129. The van der Waals surface area contributed by atoms with Gasteiger partial charge < -0.3 is 15.4 Å². The number of hydrogen-bond donors (Lipinski definition) is 2. The highest BCUT2D eigenvalue weighted by Crippen LogP contribution is 2.03. The van der Waals surface area contributed by atoms with E-state index in [4.69, 9.17) is 4.74 Å². The van der Waals surface area contributed by atoms with Crippen molar-refractivity contribution in [3.63, 3.8) is 0 Å². The lowest BCUT2D eigenvalue weighted by Gasteiger charge is -2.05. The average Bonchev–Trinajstić information content (AvgIpc) is 2.48. The maximum atomic E-state index is 12.7. The van der Waals surface area contributed by atoms with Gasteiger partial charge in [-0.15, -0.1) is 0 Å². The molecule has 0 bridgehead atoms. The third-order valence-electron chi connectivity index (χ3n) is 2.75. The van der Waals surface area contributed by atoms with E-state index in [0.29, 0.717) is 13.2 Å². The van der Waals surface area contributed by atoms with Crippen LogP contribution in [-0.2, 0) is 4.74 Å². The van der Waals surface area contributed by atoms with Crippen molar-refractivity contribution in [2.75, 3.05) is 19.8 Å². The van der Waals surface area contributed by atoms with Gasteiger partial charge in [0, 0.05) is 26.0 Å². The molecule has 2 amide bonds. The Morgan fingerprint density at radius 3 is 2.67 bits per heavy atom. The fourth-order valence-corrected chi connectivity index (χ4v) is 1.56.